The van der Waals surface area contributed by atoms with E-state index in [0.717, 1.165) is 5.06 Å². The van der Waals surface area contributed by atoms with E-state index in [2.05, 4.69) is 9.99 Å². The van der Waals surface area contributed by atoms with Crippen LogP contribution in [-0.4, -0.2) is 30.2 Å². The van der Waals surface area contributed by atoms with Crippen molar-refractivity contribution in [2.24, 2.45) is 5.16 Å². The van der Waals surface area contributed by atoms with Crippen molar-refractivity contribution in [3.05, 3.63) is 69.2 Å². The molecule has 0 spiro atoms. The van der Waals surface area contributed by atoms with Gasteiger partial charge in [-0.25, -0.2) is 0 Å². The maximum atomic E-state index is 12.7. The molecule has 1 aliphatic rings. The maximum Gasteiger partial charge on any atom is 0.285 e. The van der Waals surface area contributed by atoms with Gasteiger partial charge in [0.1, 0.15) is 19.6 Å². The first-order valence-corrected chi connectivity index (χ1v) is 8.39. The number of benzene rings is 2. The van der Waals surface area contributed by atoms with Crippen LogP contribution in [0.5, 0.6) is 0 Å². The van der Waals surface area contributed by atoms with Gasteiger partial charge in [0.2, 0.25) is 0 Å². The summed E-state index contributed by atoms with van der Waals surface area (Å²) in [7, 11) is 1.37. The minimum Gasteiger partial charge on any atom is -0.399 e. The molecule has 134 valence electrons. The van der Waals surface area contributed by atoms with Crippen LogP contribution in [-0.2, 0) is 21.1 Å². The lowest BCUT2D eigenvalue weighted by atomic mass is 9.90. The second kappa shape index (κ2) is 7.86. The molecule has 8 heteroatoms. The third-order valence-electron chi connectivity index (χ3n) is 3.86. The summed E-state index contributed by atoms with van der Waals surface area (Å²) in [4.78, 5) is 35.6. The number of nitrogens with zero attached hydrogens (tertiary/aromatic N) is 2. The number of oxime groups is 1. The number of amides is 2. The van der Waals surface area contributed by atoms with Crippen molar-refractivity contribution in [2.45, 2.75) is 12.5 Å². The first kappa shape index (κ1) is 18.4. The number of fused-ring (bicyclic) bond motifs is 1. The minimum absolute atomic E-state index is 0.0657. The Bertz CT molecular complexity index is 885. The average molecular weight is 393 g/mol. The molecule has 0 aromatic heterocycles. The summed E-state index contributed by atoms with van der Waals surface area (Å²) in [6.07, 6.45) is 1.33. The highest BCUT2D eigenvalue weighted by Crippen LogP contribution is 2.29. The molecule has 0 radical (unpaired) electrons. The number of imide groups is 1. The van der Waals surface area contributed by atoms with Gasteiger partial charge in [0.05, 0.1) is 6.21 Å². The van der Waals surface area contributed by atoms with Crippen LogP contribution in [0.3, 0.4) is 0 Å². The Hall–Kier alpha value is -2.41. The topological polar surface area (TPSA) is 68.2 Å². The Morgan fingerprint density at radius 1 is 1.19 bits per heavy atom. The molecule has 1 atom stereocenters. The molecule has 0 fully saturated rings. The minimum atomic E-state index is -0.787. The van der Waals surface area contributed by atoms with Crippen molar-refractivity contribution in [1.82, 2.24) is 5.06 Å². The average Bonchev–Trinajstić information content (AvgIpc) is 2.63. The van der Waals surface area contributed by atoms with E-state index in [1.807, 2.05) is 0 Å². The Morgan fingerprint density at radius 2 is 1.96 bits per heavy atom. The highest BCUT2D eigenvalue weighted by molar-refractivity contribution is 6.35. The van der Waals surface area contributed by atoms with E-state index in [-0.39, 0.29) is 6.61 Å². The standard InChI is InChI=1S/C18H14Cl2N2O4/c1-25-21-9-15-13-4-2-3-5-14(13)17(23)22(18(15)24)26-10-11-6-7-12(19)8-16(11)20/h2-9,15H,10H2,1H3/b21-9+. The lowest BCUT2D eigenvalue weighted by molar-refractivity contribution is -0.174. The highest BCUT2D eigenvalue weighted by atomic mass is 35.5. The van der Waals surface area contributed by atoms with E-state index >= 15 is 0 Å². The van der Waals surface area contributed by atoms with Crippen molar-refractivity contribution < 1.29 is 19.3 Å². The fourth-order valence-electron chi connectivity index (χ4n) is 2.59. The molecule has 3 rings (SSSR count). The molecule has 0 saturated carbocycles. The third kappa shape index (κ3) is 3.58. The van der Waals surface area contributed by atoms with Crippen molar-refractivity contribution in [3.8, 4) is 0 Å². The smallest absolute Gasteiger partial charge is 0.285 e. The van der Waals surface area contributed by atoms with Crippen molar-refractivity contribution in [1.29, 1.82) is 0 Å². The predicted molar refractivity (Wildman–Crippen MR) is 97.1 cm³/mol. The Morgan fingerprint density at radius 3 is 2.69 bits per heavy atom. The normalized spacial score (nSPS) is 16.9. The third-order valence-corrected chi connectivity index (χ3v) is 4.44. The number of halogens is 2. The summed E-state index contributed by atoms with van der Waals surface area (Å²) in [5, 5.41) is 5.27. The summed E-state index contributed by atoms with van der Waals surface area (Å²) in [5.41, 5.74) is 1.51. The summed E-state index contributed by atoms with van der Waals surface area (Å²) in [5.74, 6) is -1.89. The highest BCUT2D eigenvalue weighted by Gasteiger charge is 2.39. The maximum absolute atomic E-state index is 12.7. The lowest BCUT2D eigenvalue weighted by Gasteiger charge is -2.29. The molecule has 0 aliphatic carbocycles. The molecule has 6 nitrogen and oxygen atoms in total. The number of hydrogen-bond acceptors (Lipinski definition) is 5. The van der Waals surface area contributed by atoms with Crippen LogP contribution in [0, 0.1) is 0 Å². The molecule has 1 unspecified atom stereocenters. The van der Waals surface area contributed by atoms with Crippen LogP contribution >= 0.6 is 23.2 Å². The van der Waals surface area contributed by atoms with Gasteiger partial charge in [-0.1, -0.05) is 52.6 Å². The number of carbonyl (C=O) groups is 2. The van der Waals surface area contributed by atoms with E-state index in [1.54, 1.807) is 42.5 Å². The molecular formula is C18H14Cl2N2O4. The molecule has 0 bridgehead atoms. The molecular weight excluding hydrogens is 379 g/mol. The number of carbonyl (C=O) groups excluding carboxylic acids is 2. The SMILES string of the molecule is CO/N=C/C1C(=O)N(OCc2ccc(Cl)cc2Cl)C(=O)c2ccccc21. The Labute approximate surface area is 159 Å². The number of rotatable bonds is 5. The van der Waals surface area contributed by atoms with Gasteiger partial charge in [0.25, 0.3) is 11.8 Å². The fourth-order valence-corrected chi connectivity index (χ4v) is 3.06. The van der Waals surface area contributed by atoms with E-state index in [0.29, 0.717) is 26.7 Å². The summed E-state index contributed by atoms with van der Waals surface area (Å²) >= 11 is 12.0. The lowest BCUT2D eigenvalue weighted by Crippen LogP contribution is -2.45. The first-order valence-electron chi connectivity index (χ1n) is 7.63. The molecule has 26 heavy (non-hydrogen) atoms. The zero-order valence-electron chi connectivity index (χ0n) is 13.7. The van der Waals surface area contributed by atoms with E-state index in [4.69, 9.17) is 28.0 Å². The van der Waals surface area contributed by atoms with Crippen LogP contribution in [0.4, 0.5) is 0 Å². The van der Waals surface area contributed by atoms with Gasteiger partial charge in [-0.05, 0) is 29.3 Å². The Balaban J connectivity index is 1.88. The number of hydrogen-bond donors (Lipinski definition) is 0. The van der Waals surface area contributed by atoms with Crippen LogP contribution < -0.4 is 0 Å². The van der Waals surface area contributed by atoms with Gasteiger partial charge in [-0.15, -0.1) is 5.06 Å². The van der Waals surface area contributed by atoms with Crippen molar-refractivity contribution in [3.63, 3.8) is 0 Å². The first-order chi connectivity index (χ1) is 12.5. The van der Waals surface area contributed by atoms with E-state index in [1.165, 1.54) is 13.3 Å². The van der Waals surface area contributed by atoms with Crippen LogP contribution in [0.15, 0.2) is 47.6 Å². The van der Waals surface area contributed by atoms with Gasteiger partial charge in [-0.2, -0.15) is 0 Å². The van der Waals surface area contributed by atoms with E-state index < -0.39 is 17.7 Å². The van der Waals surface area contributed by atoms with Gasteiger partial charge in [0, 0.05) is 15.6 Å². The summed E-state index contributed by atoms with van der Waals surface area (Å²) in [6.45, 7) is -0.0657. The van der Waals surface area contributed by atoms with E-state index in [9.17, 15) is 9.59 Å². The molecule has 2 aromatic rings. The van der Waals surface area contributed by atoms with Crippen molar-refractivity contribution in [2.75, 3.05) is 7.11 Å². The van der Waals surface area contributed by atoms with Crippen molar-refractivity contribution >= 4 is 41.2 Å². The van der Waals surface area contributed by atoms with Gasteiger partial charge in [0.15, 0.2) is 0 Å². The largest absolute Gasteiger partial charge is 0.399 e. The molecule has 2 aromatic carbocycles. The summed E-state index contributed by atoms with van der Waals surface area (Å²) < 4.78 is 0. The molecule has 1 heterocycles. The Kier molecular flexibility index (Phi) is 5.56. The monoisotopic (exact) mass is 392 g/mol. The zero-order valence-corrected chi connectivity index (χ0v) is 15.2. The predicted octanol–water partition coefficient (Wildman–Crippen LogP) is 3.82. The molecule has 1 aliphatic heterocycles. The molecule has 0 saturated heterocycles. The van der Waals surface area contributed by atoms with Crippen LogP contribution in [0.1, 0.15) is 27.4 Å². The van der Waals surface area contributed by atoms with Crippen LogP contribution in [0.25, 0.3) is 0 Å². The second-order valence-corrected chi connectivity index (χ2v) is 6.29. The molecule has 2 amide bonds. The van der Waals surface area contributed by atoms with Gasteiger partial charge >= 0.3 is 0 Å². The summed E-state index contributed by atoms with van der Waals surface area (Å²) in [6, 6.07) is 11.7. The number of hydroxylamine groups is 2. The van der Waals surface area contributed by atoms with Gasteiger partial charge < -0.3 is 4.84 Å². The molecule has 0 N–H and O–H groups in total. The van der Waals surface area contributed by atoms with Crippen LogP contribution in [0.2, 0.25) is 10.0 Å². The van der Waals surface area contributed by atoms with Gasteiger partial charge in [-0.3, -0.25) is 14.4 Å². The quantitative estimate of drug-likeness (QED) is 0.440. The zero-order chi connectivity index (χ0) is 18.7. The fraction of sp³-hybridized carbons (Fsp3) is 0.167. The second-order valence-electron chi connectivity index (χ2n) is 5.45.